The van der Waals surface area contributed by atoms with Gasteiger partial charge in [-0.05, 0) is 49.2 Å². The fraction of sp³-hybridized carbons (Fsp3) is 0.250. The monoisotopic (exact) mass is 322 g/mol. The van der Waals surface area contributed by atoms with Crippen LogP contribution in [0.4, 0.5) is 4.39 Å². The van der Waals surface area contributed by atoms with Crippen LogP contribution >= 0.6 is 15.9 Å². The zero-order valence-electron chi connectivity index (χ0n) is 10.9. The third kappa shape index (κ3) is 3.80. The first-order valence-corrected chi connectivity index (χ1v) is 7.14. The van der Waals surface area contributed by atoms with E-state index in [4.69, 9.17) is 4.74 Å². The van der Waals surface area contributed by atoms with Crippen molar-refractivity contribution < 1.29 is 9.13 Å². The molecule has 0 fully saturated rings. The maximum Gasteiger partial charge on any atom is 0.123 e. The predicted molar refractivity (Wildman–Crippen MR) is 79.4 cm³/mol. The summed E-state index contributed by atoms with van der Waals surface area (Å²) in [5.41, 5.74) is 2.14. The lowest BCUT2D eigenvalue weighted by molar-refractivity contribution is 0.242. The molecule has 2 rings (SSSR count). The summed E-state index contributed by atoms with van der Waals surface area (Å²) in [6.45, 7) is 4.00. The molecule has 19 heavy (non-hydrogen) atoms. The normalized spacial score (nSPS) is 12.5. The summed E-state index contributed by atoms with van der Waals surface area (Å²) in [7, 11) is 0. The van der Waals surface area contributed by atoms with Gasteiger partial charge >= 0.3 is 0 Å². The number of halogens is 2. The van der Waals surface area contributed by atoms with Crippen molar-refractivity contribution in [2.75, 3.05) is 0 Å². The van der Waals surface area contributed by atoms with E-state index in [-0.39, 0.29) is 16.7 Å². The first kappa shape index (κ1) is 14.1. The van der Waals surface area contributed by atoms with Crippen LogP contribution in [-0.2, 0) is 0 Å². The summed E-state index contributed by atoms with van der Waals surface area (Å²) in [6.07, 6.45) is 0.169. The van der Waals surface area contributed by atoms with Gasteiger partial charge in [0.2, 0.25) is 0 Å². The van der Waals surface area contributed by atoms with Crippen LogP contribution in [0.5, 0.6) is 5.75 Å². The SMILES string of the molecule is CC(C)Oc1ccc(C(Br)c2ccc(F)cc2)cc1. The van der Waals surface area contributed by atoms with Gasteiger partial charge in [-0.3, -0.25) is 0 Å². The Hall–Kier alpha value is -1.35. The molecule has 3 heteroatoms. The maximum atomic E-state index is 12.9. The van der Waals surface area contributed by atoms with Crippen LogP contribution in [0, 0.1) is 5.82 Å². The summed E-state index contributed by atoms with van der Waals surface area (Å²) in [4.78, 5) is 0.0567. The van der Waals surface area contributed by atoms with Gasteiger partial charge in [0.15, 0.2) is 0 Å². The molecule has 0 N–H and O–H groups in total. The van der Waals surface area contributed by atoms with Crippen LogP contribution in [0.15, 0.2) is 48.5 Å². The molecule has 1 unspecified atom stereocenters. The Kier molecular flexibility index (Phi) is 4.59. The largest absolute Gasteiger partial charge is 0.491 e. The van der Waals surface area contributed by atoms with Crippen molar-refractivity contribution in [2.24, 2.45) is 0 Å². The van der Waals surface area contributed by atoms with Crippen molar-refractivity contribution in [2.45, 2.75) is 24.8 Å². The molecule has 0 spiro atoms. The number of rotatable bonds is 4. The third-order valence-electron chi connectivity index (χ3n) is 2.71. The zero-order valence-corrected chi connectivity index (χ0v) is 12.5. The minimum atomic E-state index is -0.218. The molecule has 2 aromatic rings. The van der Waals surface area contributed by atoms with E-state index in [2.05, 4.69) is 15.9 Å². The lowest BCUT2D eigenvalue weighted by Crippen LogP contribution is -2.05. The van der Waals surface area contributed by atoms with Gasteiger partial charge in [-0.1, -0.05) is 40.2 Å². The van der Waals surface area contributed by atoms with Crippen LogP contribution in [0.3, 0.4) is 0 Å². The predicted octanol–water partition coefficient (Wildman–Crippen LogP) is 5.10. The number of ether oxygens (including phenoxy) is 1. The van der Waals surface area contributed by atoms with Gasteiger partial charge < -0.3 is 4.74 Å². The molecule has 0 bridgehead atoms. The second-order valence-corrected chi connectivity index (χ2v) is 5.57. The average Bonchev–Trinajstić information content (AvgIpc) is 2.39. The Morgan fingerprint density at radius 3 is 1.84 bits per heavy atom. The highest BCUT2D eigenvalue weighted by atomic mass is 79.9. The Labute approximate surface area is 121 Å². The van der Waals surface area contributed by atoms with Gasteiger partial charge in [0.05, 0.1) is 10.9 Å². The molecule has 1 nitrogen and oxygen atoms in total. The molecule has 0 radical (unpaired) electrons. The molecule has 0 saturated heterocycles. The van der Waals surface area contributed by atoms with E-state index in [9.17, 15) is 4.39 Å². The van der Waals surface area contributed by atoms with Crippen LogP contribution < -0.4 is 4.74 Å². The van der Waals surface area contributed by atoms with Gasteiger partial charge in [-0.15, -0.1) is 0 Å². The van der Waals surface area contributed by atoms with Gasteiger partial charge in [0, 0.05) is 0 Å². The van der Waals surface area contributed by atoms with E-state index in [0.29, 0.717) is 0 Å². The number of alkyl halides is 1. The quantitative estimate of drug-likeness (QED) is 0.712. The number of hydrogen-bond acceptors (Lipinski definition) is 1. The Balaban J connectivity index is 2.15. The van der Waals surface area contributed by atoms with Crippen molar-refractivity contribution >= 4 is 15.9 Å². The van der Waals surface area contributed by atoms with E-state index in [1.54, 1.807) is 12.1 Å². The van der Waals surface area contributed by atoms with E-state index in [1.165, 1.54) is 12.1 Å². The highest BCUT2D eigenvalue weighted by molar-refractivity contribution is 9.09. The summed E-state index contributed by atoms with van der Waals surface area (Å²) >= 11 is 3.63. The molecule has 0 amide bonds. The molecule has 0 saturated carbocycles. The maximum absolute atomic E-state index is 12.9. The first-order chi connectivity index (χ1) is 9.06. The molecule has 1 atom stereocenters. The molecule has 0 aliphatic carbocycles. The van der Waals surface area contributed by atoms with Gasteiger partial charge in [0.25, 0.3) is 0 Å². The van der Waals surface area contributed by atoms with Gasteiger partial charge in [-0.25, -0.2) is 4.39 Å². The minimum Gasteiger partial charge on any atom is -0.491 e. The summed E-state index contributed by atoms with van der Waals surface area (Å²) < 4.78 is 18.5. The van der Waals surface area contributed by atoms with Crippen LogP contribution in [0.2, 0.25) is 0 Å². The highest BCUT2D eigenvalue weighted by Gasteiger charge is 2.10. The Bertz CT molecular complexity index is 519. The van der Waals surface area contributed by atoms with E-state index in [1.807, 2.05) is 38.1 Å². The van der Waals surface area contributed by atoms with Crippen molar-refractivity contribution in [1.29, 1.82) is 0 Å². The topological polar surface area (TPSA) is 9.23 Å². The average molecular weight is 323 g/mol. The molecule has 0 aromatic heterocycles. The smallest absolute Gasteiger partial charge is 0.123 e. The van der Waals surface area contributed by atoms with Crippen molar-refractivity contribution in [1.82, 2.24) is 0 Å². The fourth-order valence-electron chi connectivity index (χ4n) is 1.81. The van der Waals surface area contributed by atoms with E-state index in [0.717, 1.165) is 16.9 Å². The standard InChI is InChI=1S/C16H16BrFO/c1-11(2)19-15-9-5-13(6-10-15)16(17)12-3-7-14(18)8-4-12/h3-11,16H,1-2H3. The van der Waals surface area contributed by atoms with Crippen LogP contribution in [-0.4, -0.2) is 6.10 Å². The van der Waals surface area contributed by atoms with E-state index >= 15 is 0 Å². The minimum absolute atomic E-state index is 0.0567. The molecule has 100 valence electrons. The fourth-order valence-corrected chi connectivity index (χ4v) is 2.42. The van der Waals surface area contributed by atoms with Crippen molar-refractivity contribution in [3.63, 3.8) is 0 Å². The summed E-state index contributed by atoms with van der Waals surface area (Å²) in [6, 6.07) is 14.4. The van der Waals surface area contributed by atoms with E-state index < -0.39 is 0 Å². The molecule has 0 heterocycles. The molecule has 0 aliphatic rings. The zero-order chi connectivity index (χ0) is 13.8. The Morgan fingerprint density at radius 1 is 0.895 bits per heavy atom. The van der Waals surface area contributed by atoms with Gasteiger partial charge in [0.1, 0.15) is 11.6 Å². The molecule has 2 aromatic carbocycles. The van der Waals surface area contributed by atoms with Crippen molar-refractivity contribution in [3.05, 3.63) is 65.5 Å². The second kappa shape index (κ2) is 6.20. The molecular weight excluding hydrogens is 307 g/mol. The summed E-state index contributed by atoms with van der Waals surface area (Å²) in [5.74, 6) is 0.640. The number of benzene rings is 2. The number of hydrogen-bond donors (Lipinski definition) is 0. The lowest BCUT2D eigenvalue weighted by atomic mass is 10.0. The third-order valence-corrected chi connectivity index (χ3v) is 3.76. The van der Waals surface area contributed by atoms with Crippen LogP contribution in [0.25, 0.3) is 0 Å². The molecule has 0 aliphatic heterocycles. The van der Waals surface area contributed by atoms with Crippen molar-refractivity contribution in [3.8, 4) is 5.75 Å². The van der Waals surface area contributed by atoms with Crippen LogP contribution in [0.1, 0.15) is 29.8 Å². The lowest BCUT2D eigenvalue weighted by Gasteiger charge is -2.13. The highest BCUT2D eigenvalue weighted by Crippen LogP contribution is 2.31. The molecular formula is C16H16BrFO. The van der Waals surface area contributed by atoms with Gasteiger partial charge in [-0.2, -0.15) is 0 Å². The second-order valence-electron chi connectivity index (χ2n) is 4.65. The first-order valence-electron chi connectivity index (χ1n) is 6.22. The Morgan fingerprint density at radius 2 is 1.37 bits per heavy atom. The summed E-state index contributed by atoms with van der Waals surface area (Å²) in [5, 5.41) is 0.